The van der Waals surface area contributed by atoms with Gasteiger partial charge in [-0.15, -0.1) is 5.10 Å². The van der Waals surface area contributed by atoms with Gasteiger partial charge in [-0.1, -0.05) is 12.1 Å². The van der Waals surface area contributed by atoms with Crippen molar-refractivity contribution in [2.75, 3.05) is 10.0 Å². The predicted molar refractivity (Wildman–Crippen MR) is 107 cm³/mol. The zero-order valence-electron chi connectivity index (χ0n) is 15.6. The second-order valence-corrected chi connectivity index (χ2v) is 7.97. The molecule has 30 heavy (non-hydrogen) atoms. The Kier molecular flexibility index (Phi) is 4.88. The van der Waals surface area contributed by atoms with Gasteiger partial charge in [0, 0.05) is 11.9 Å². The lowest BCUT2D eigenvalue weighted by molar-refractivity contribution is 0.101. The molecule has 2 aromatic heterocycles. The number of benzene rings is 2. The first-order valence-electron chi connectivity index (χ1n) is 8.71. The van der Waals surface area contributed by atoms with Gasteiger partial charge in [0.15, 0.2) is 0 Å². The minimum absolute atomic E-state index is 0.117. The van der Waals surface area contributed by atoms with Crippen LogP contribution in [0.5, 0.6) is 0 Å². The molecule has 9 nitrogen and oxygen atoms in total. The van der Waals surface area contributed by atoms with E-state index in [0.29, 0.717) is 0 Å². The van der Waals surface area contributed by atoms with Crippen molar-refractivity contribution in [3.8, 4) is 0 Å². The first-order chi connectivity index (χ1) is 14.3. The molecular formula is C19H15FN6O3S. The van der Waals surface area contributed by atoms with Gasteiger partial charge in [0.25, 0.3) is 21.7 Å². The smallest absolute Gasteiger partial charge is 0.295 e. The van der Waals surface area contributed by atoms with Crippen molar-refractivity contribution in [3.63, 3.8) is 0 Å². The number of aryl methyl sites for hydroxylation is 1. The van der Waals surface area contributed by atoms with E-state index in [1.807, 2.05) is 0 Å². The lowest BCUT2D eigenvalue weighted by Gasteiger charge is -2.13. The average molecular weight is 426 g/mol. The van der Waals surface area contributed by atoms with Crippen molar-refractivity contribution >= 4 is 33.1 Å². The maximum absolute atomic E-state index is 13.1. The molecule has 0 bridgehead atoms. The standard InChI is InChI=1S/C19H15FN6O3S/c1-12-10-11-21-19-23-17(24-26(12)19)18(27)22-15-4-2-3-5-16(15)25-30(28,29)14-8-6-13(20)7-9-14/h2-11,25H,1H3,(H,22,27). The fourth-order valence-corrected chi connectivity index (χ4v) is 3.76. The molecule has 0 aliphatic carbocycles. The summed E-state index contributed by atoms with van der Waals surface area (Å²) in [6.07, 6.45) is 1.56. The van der Waals surface area contributed by atoms with Gasteiger partial charge < -0.3 is 5.32 Å². The first-order valence-corrected chi connectivity index (χ1v) is 10.2. The molecule has 0 fully saturated rings. The first kappa shape index (κ1) is 19.5. The van der Waals surface area contributed by atoms with Gasteiger partial charge in [-0.2, -0.15) is 4.98 Å². The Labute approximate surface area is 170 Å². The number of aromatic nitrogens is 4. The number of halogens is 1. The molecule has 1 amide bonds. The van der Waals surface area contributed by atoms with Gasteiger partial charge in [0.1, 0.15) is 5.82 Å². The molecule has 0 saturated carbocycles. The number of carbonyl (C=O) groups is 1. The van der Waals surface area contributed by atoms with Gasteiger partial charge in [0.2, 0.25) is 5.82 Å². The summed E-state index contributed by atoms with van der Waals surface area (Å²) >= 11 is 0. The van der Waals surface area contributed by atoms with E-state index >= 15 is 0 Å². The molecule has 11 heteroatoms. The molecule has 152 valence electrons. The van der Waals surface area contributed by atoms with Crippen LogP contribution >= 0.6 is 0 Å². The van der Waals surface area contributed by atoms with Gasteiger partial charge in [-0.05, 0) is 49.4 Å². The third-order valence-corrected chi connectivity index (χ3v) is 5.56. The van der Waals surface area contributed by atoms with E-state index in [1.54, 1.807) is 31.3 Å². The minimum atomic E-state index is -3.99. The topological polar surface area (TPSA) is 118 Å². The monoisotopic (exact) mass is 426 g/mol. The summed E-state index contributed by atoms with van der Waals surface area (Å²) in [4.78, 5) is 20.6. The summed E-state index contributed by atoms with van der Waals surface area (Å²) in [6.45, 7) is 1.80. The van der Waals surface area contributed by atoms with Crippen LogP contribution in [-0.4, -0.2) is 33.9 Å². The predicted octanol–water partition coefficient (Wildman–Crippen LogP) is 2.62. The SMILES string of the molecule is Cc1ccnc2nc(C(=O)Nc3ccccc3NS(=O)(=O)c3ccc(F)cc3)nn12. The van der Waals surface area contributed by atoms with Crippen molar-refractivity contribution in [3.05, 3.63) is 78.1 Å². The number of para-hydroxylation sites is 2. The molecule has 2 aromatic carbocycles. The molecular weight excluding hydrogens is 411 g/mol. The van der Waals surface area contributed by atoms with E-state index in [1.165, 1.54) is 16.6 Å². The molecule has 0 aliphatic heterocycles. The molecule has 0 aliphatic rings. The fraction of sp³-hybridized carbons (Fsp3) is 0.0526. The zero-order valence-corrected chi connectivity index (χ0v) is 16.4. The fourth-order valence-electron chi connectivity index (χ4n) is 2.68. The molecule has 2 heterocycles. The van der Waals surface area contributed by atoms with Crippen LogP contribution in [0.4, 0.5) is 15.8 Å². The highest BCUT2D eigenvalue weighted by molar-refractivity contribution is 7.92. The Bertz CT molecular complexity index is 1350. The maximum Gasteiger partial charge on any atom is 0.295 e. The Morgan fingerprint density at radius 3 is 2.43 bits per heavy atom. The number of fused-ring (bicyclic) bond motifs is 1. The van der Waals surface area contributed by atoms with Crippen LogP contribution < -0.4 is 10.0 Å². The molecule has 4 aromatic rings. The molecule has 2 N–H and O–H groups in total. The van der Waals surface area contributed by atoms with Gasteiger partial charge in [-0.3, -0.25) is 9.52 Å². The van der Waals surface area contributed by atoms with Crippen LogP contribution in [0.1, 0.15) is 16.3 Å². The van der Waals surface area contributed by atoms with E-state index < -0.39 is 21.7 Å². The number of nitrogens with one attached hydrogen (secondary N) is 2. The summed E-state index contributed by atoms with van der Waals surface area (Å²) in [5, 5.41) is 6.72. The van der Waals surface area contributed by atoms with Crippen LogP contribution in [0.2, 0.25) is 0 Å². The summed E-state index contributed by atoms with van der Waals surface area (Å²) in [5.74, 6) is -1.03. The highest BCUT2D eigenvalue weighted by atomic mass is 32.2. The normalized spacial score (nSPS) is 11.4. The molecule has 0 atom stereocenters. The highest BCUT2D eigenvalue weighted by Gasteiger charge is 2.19. The Morgan fingerprint density at radius 1 is 1.03 bits per heavy atom. The Morgan fingerprint density at radius 2 is 1.73 bits per heavy atom. The summed E-state index contributed by atoms with van der Waals surface area (Å²) < 4.78 is 42.1. The maximum atomic E-state index is 13.1. The van der Waals surface area contributed by atoms with Gasteiger partial charge >= 0.3 is 0 Å². The van der Waals surface area contributed by atoms with Crippen molar-refractivity contribution in [1.82, 2.24) is 19.6 Å². The number of rotatable bonds is 5. The largest absolute Gasteiger partial charge is 0.317 e. The minimum Gasteiger partial charge on any atom is -0.317 e. The second kappa shape index (κ2) is 7.52. The summed E-state index contributed by atoms with van der Waals surface area (Å²) in [5.41, 5.74) is 1.09. The number of amides is 1. The molecule has 0 radical (unpaired) electrons. The van der Waals surface area contributed by atoms with Crippen molar-refractivity contribution < 1.29 is 17.6 Å². The third-order valence-electron chi connectivity index (χ3n) is 4.18. The summed E-state index contributed by atoms with van der Waals surface area (Å²) in [6, 6.07) is 12.4. The lowest BCUT2D eigenvalue weighted by Crippen LogP contribution is -2.18. The molecule has 0 saturated heterocycles. The number of nitrogens with zero attached hydrogens (tertiary/aromatic N) is 4. The van der Waals surface area contributed by atoms with E-state index in [9.17, 15) is 17.6 Å². The number of sulfonamides is 1. The number of carbonyl (C=O) groups excluding carboxylic acids is 1. The summed E-state index contributed by atoms with van der Waals surface area (Å²) in [7, 11) is -3.99. The van der Waals surface area contributed by atoms with E-state index in [-0.39, 0.29) is 27.9 Å². The zero-order chi connectivity index (χ0) is 21.3. The Balaban J connectivity index is 1.60. The quantitative estimate of drug-likeness (QED) is 0.506. The van der Waals surface area contributed by atoms with Crippen LogP contribution in [-0.2, 0) is 10.0 Å². The van der Waals surface area contributed by atoms with Crippen molar-refractivity contribution in [2.45, 2.75) is 11.8 Å². The Hall–Kier alpha value is -3.86. The second-order valence-electron chi connectivity index (χ2n) is 6.29. The van der Waals surface area contributed by atoms with E-state index in [4.69, 9.17) is 0 Å². The van der Waals surface area contributed by atoms with Crippen LogP contribution in [0.3, 0.4) is 0 Å². The number of hydrogen-bond donors (Lipinski definition) is 2. The average Bonchev–Trinajstić information content (AvgIpc) is 3.16. The lowest BCUT2D eigenvalue weighted by atomic mass is 10.2. The van der Waals surface area contributed by atoms with Crippen molar-refractivity contribution in [1.29, 1.82) is 0 Å². The number of hydrogen-bond acceptors (Lipinski definition) is 6. The molecule has 4 rings (SSSR count). The number of anilines is 2. The molecule has 0 spiro atoms. The van der Waals surface area contributed by atoms with Crippen LogP contribution in [0.15, 0.2) is 65.7 Å². The van der Waals surface area contributed by atoms with Gasteiger partial charge in [0.05, 0.1) is 16.3 Å². The van der Waals surface area contributed by atoms with Crippen LogP contribution in [0.25, 0.3) is 5.78 Å². The van der Waals surface area contributed by atoms with Crippen LogP contribution in [0, 0.1) is 12.7 Å². The van der Waals surface area contributed by atoms with E-state index in [0.717, 1.165) is 30.0 Å². The third kappa shape index (κ3) is 3.82. The highest BCUT2D eigenvalue weighted by Crippen LogP contribution is 2.25. The van der Waals surface area contributed by atoms with Gasteiger partial charge in [-0.25, -0.2) is 22.3 Å². The molecule has 0 unspecified atom stereocenters. The van der Waals surface area contributed by atoms with E-state index in [2.05, 4.69) is 25.1 Å². The van der Waals surface area contributed by atoms with Crippen molar-refractivity contribution in [2.24, 2.45) is 0 Å².